The molecule has 0 aliphatic rings. The molecule has 26 heavy (non-hydrogen) atoms. The molecule has 0 saturated carbocycles. The number of nitrogens with zero attached hydrogens (tertiary/aromatic N) is 3. The highest BCUT2D eigenvalue weighted by Gasteiger charge is 2.23. The largest absolute Gasteiger partial charge is 0.359 e. The van der Waals surface area contributed by atoms with Gasteiger partial charge in [-0.05, 0) is 31.5 Å². The number of ketones is 1. The molecule has 0 atom stereocenters. The van der Waals surface area contributed by atoms with Gasteiger partial charge in [-0.15, -0.1) is 0 Å². The van der Waals surface area contributed by atoms with E-state index in [0.29, 0.717) is 34.0 Å². The first-order valence-electron chi connectivity index (χ1n) is 8.20. The maximum absolute atomic E-state index is 12.8. The van der Waals surface area contributed by atoms with Crippen LogP contribution in [0.3, 0.4) is 0 Å². The van der Waals surface area contributed by atoms with Gasteiger partial charge in [0.1, 0.15) is 5.69 Å². The standard InChI is InChI=1S/C19H20N4O3/c1-11-17(12(2)21-18(11)13(3)24)19(25)23(4)10-15-9-16(22-26-15)14-5-7-20-8-6-14/h5-9,21H,10H2,1-4H3. The highest BCUT2D eigenvalue weighted by atomic mass is 16.5. The minimum Gasteiger partial charge on any atom is -0.359 e. The molecule has 1 amide bonds. The van der Waals surface area contributed by atoms with E-state index in [1.165, 1.54) is 6.92 Å². The third-order valence-electron chi connectivity index (χ3n) is 4.28. The van der Waals surface area contributed by atoms with Crippen LogP contribution in [-0.2, 0) is 6.54 Å². The van der Waals surface area contributed by atoms with E-state index >= 15 is 0 Å². The van der Waals surface area contributed by atoms with Crippen molar-refractivity contribution in [3.8, 4) is 11.3 Å². The highest BCUT2D eigenvalue weighted by molar-refractivity contribution is 6.02. The number of carbonyl (C=O) groups excluding carboxylic acids is 2. The minimum absolute atomic E-state index is 0.0930. The Kier molecular flexibility index (Phi) is 4.71. The Balaban J connectivity index is 1.79. The van der Waals surface area contributed by atoms with E-state index in [2.05, 4.69) is 15.1 Å². The summed E-state index contributed by atoms with van der Waals surface area (Å²) in [6.45, 7) is 5.32. The average molecular weight is 352 g/mol. The predicted octanol–water partition coefficient (Wildman–Crippen LogP) is 3.16. The van der Waals surface area contributed by atoms with Gasteiger partial charge in [-0.2, -0.15) is 0 Å². The Labute approximate surface area is 151 Å². The van der Waals surface area contributed by atoms with Gasteiger partial charge >= 0.3 is 0 Å². The Bertz CT molecular complexity index is 957. The van der Waals surface area contributed by atoms with Crippen LogP contribution in [0.2, 0.25) is 0 Å². The number of Topliss-reactive ketones (excluding diaryl/α,β-unsaturated/α-hetero) is 1. The first kappa shape index (κ1) is 17.6. The highest BCUT2D eigenvalue weighted by Crippen LogP contribution is 2.22. The number of nitrogens with one attached hydrogen (secondary N) is 1. The first-order chi connectivity index (χ1) is 12.4. The summed E-state index contributed by atoms with van der Waals surface area (Å²) in [5.74, 6) is 0.306. The molecule has 0 radical (unpaired) electrons. The van der Waals surface area contributed by atoms with Crippen LogP contribution in [0.25, 0.3) is 11.3 Å². The summed E-state index contributed by atoms with van der Waals surface area (Å²) in [5, 5.41) is 4.04. The normalized spacial score (nSPS) is 10.8. The number of carbonyl (C=O) groups is 2. The van der Waals surface area contributed by atoms with Gasteiger partial charge in [0.25, 0.3) is 5.91 Å². The molecule has 7 nitrogen and oxygen atoms in total. The summed E-state index contributed by atoms with van der Waals surface area (Å²) >= 11 is 0. The summed E-state index contributed by atoms with van der Waals surface area (Å²) in [6, 6.07) is 5.48. The number of hydrogen-bond acceptors (Lipinski definition) is 5. The molecule has 3 heterocycles. The summed E-state index contributed by atoms with van der Waals surface area (Å²) in [4.78, 5) is 33.0. The number of amides is 1. The molecule has 7 heteroatoms. The van der Waals surface area contributed by atoms with Crippen molar-refractivity contribution in [1.29, 1.82) is 0 Å². The van der Waals surface area contributed by atoms with E-state index in [9.17, 15) is 9.59 Å². The number of H-pyrrole nitrogens is 1. The Morgan fingerprint density at radius 1 is 1.23 bits per heavy atom. The number of aromatic nitrogens is 3. The Hall–Kier alpha value is -3.22. The van der Waals surface area contributed by atoms with Crippen LogP contribution in [0.15, 0.2) is 35.1 Å². The fourth-order valence-electron chi connectivity index (χ4n) is 2.97. The van der Waals surface area contributed by atoms with Crippen molar-refractivity contribution in [2.24, 2.45) is 0 Å². The van der Waals surface area contributed by atoms with Crippen molar-refractivity contribution in [3.05, 3.63) is 58.9 Å². The molecule has 0 aromatic carbocycles. The van der Waals surface area contributed by atoms with Crippen molar-refractivity contribution in [3.63, 3.8) is 0 Å². The lowest BCUT2D eigenvalue weighted by Gasteiger charge is -2.16. The predicted molar refractivity (Wildman–Crippen MR) is 95.8 cm³/mol. The summed E-state index contributed by atoms with van der Waals surface area (Å²) < 4.78 is 5.35. The van der Waals surface area contributed by atoms with Crippen LogP contribution in [0.4, 0.5) is 0 Å². The van der Waals surface area contributed by atoms with Gasteiger partial charge in [-0.1, -0.05) is 5.16 Å². The van der Waals surface area contributed by atoms with Crippen LogP contribution >= 0.6 is 0 Å². The summed E-state index contributed by atoms with van der Waals surface area (Å²) in [5.41, 5.74) is 3.93. The van der Waals surface area contributed by atoms with Crippen LogP contribution in [0.5, 0.6) is 0 Å². The quantitative estimate of drug-likeness (QED) is 0.712. The van der Waals surface area contributed by atoms with E-state index in [-0.39, 0.29) is 18.2 Å². The number of aromatic amines is 1. The zero-order valence-electron chi connectivity index (χ0n) is 15.2. The van der Waals surface area contributed by atoms with E-state index < -0.39 is 0 Å². The van der Waals surface area contributed by atoms with Crippen molar-refractivity contribution in [2.75, 3.05) is 7.05 Å². The number of pyridine rings is 1. The molecule has 0 aliphatic carbocycles. The molecule has 0 bridgehead atoms. The van der Waals surface area contributed by atoms with Crippen LogP contribution < -0.4 is 0 Å². The Morgan fingerprint density at radius 3 is 2.54 bits per heavy atom. The second kappa shape index (κ2) is 6.95. The van der Waals surface area contributed by atoms with Crippen LogP contribution in [-0.4, -0.2) is 38.8 Å². The van der Waals surface area contributed by atoms with Crippen molar-refractivity contribution >= 4 is 11.7 Å². The van der Waals surface area contributed by atoms with Crippen molar-refractivity contribution < 1.29 is 14.1 Å². The topological polar surface area (TPSA) is 92.1 Å². The molecule has 0 spiro atoms. The van der Waals surface area contributed by atoms with Crippen LogP contribution in [0, 0.1) is 13.8 Å². The third-order valence-corrected chi connectivity index (χ3v) is 4.28. The molecule has 3 aromatic heterocycles. The van der Waals surface area contributed by atoms with E-state index in [4.69, 9.17) is 4.52 Å². The molecule has 0 unspecified atom stereocenters. The maximum Gasteiger partial charge on any atom is 0.256 e. The molecular weight excluding hydrogens is 332 g/mol. The van der Waals surface area contributed by atoms with Gasteiger partial charge in [0.2, 0.25) is 0 Å². The van der Waals surface area contributed by atoms with Crippen molar-refractivity contribution in [1.82, 2.24) is 20.0 Å². The third kappa shape index (κ3) is 3.28. The molecule has 0 fully saturated rings. The van der Waals surface area contributed by atoms with Gasteiger partial charge in [-0.3, -0.25) is 14.6 Å². The van der Waals surface area contributed by atoms with Gasteiger partial charge in [-0.25, -0.2) is 0 Å². The van der Waals surface area contributed by atoms with E-state index in [1.54, 1.807) is 44.3 Å². The fourth-order valence-corrected chi connectivity index (χ4v) is 2.97. The number of aryl methyl sites for hydroxylation is 1. The van der Waals surface area contributed by atoms with Gasteiger partial charge in [0, 0.05) is 43.7 Å². The molecule has 134 valence electrons. The molecule has 3 aromatic rings. The lowest BCUT2D eigenvalue weighted by Crippen LogP contribution is -2.27. The molecular formula is C19H20N4O3. The average Bonchev–Trinajstić information content (AvgIpc) is 3.19. The van der Waals surface area contributed by atoms with Crippen molar-refractivity contribution in [2.45, 2.75) is 27.3 Å². The zero-order valence-corrected chi connectivity index (χ0v) is 15.2. The SMILES string of the molecule is CC(=O)c1[nH]c(C)c(C(=O)N(C)Cc2cc(-c3ccncc3)no2)c1C. The van der Waals surface area contributed by atoms with Gasteiger partial charge < -0.3 is 14.4 Å². The fraction of sp³-hybridized carbons (Fsp3) is 0.263. The maximum atomic E-state index is 12.8. The summed E-state index contributed by atoms with van der Waals surface area (Å²) in [6.07, 6.45) is 3.37. The van der Waals surface area contributed by atoms with Gasteiger partial charge in [0.05, 0.1) is 17.8 Å². The Morgan fingerprint density at radius 2 is 1.92 bits per heavy atom. The number of rotatable bonds is 5. The van der Waals surface area contributed by atoms with Gasteiger partial charge in [0.15, 0.2) is 11.5 Å². The molecule has 3 rings (SSSR count). The summed E-state index contributed by atoms with van der Waals surface area (Å²) in [7, 11) is 1.69. The van der Waals surface area contributed by atoms with E-state index in [1.807, 2.05) is 12.1 Å². The second-order valence-corrected chi connectivity index (χ2v) is 6.26. The number of hydrogen-bond donors (Lipinski definition) is 1. The lowest BCUT2D eigenvalue weighted by atomic mass is 10.1. The lowest BCUT2D eigenvalue weighted by molar-refractivity contribution is 0.0771. The smallest absolute Gasteiger partial charge is 0.256 e. The minimum atomic E-state index is -0.175. The molecule has 0 aliphatic heterocycles. The van der Waals surface area contributed by atoms with E-state index in [0.717, 1.165) is 5.56 Å². The molecule has 1 N–H and O–H groups in total. The first-order valence-corrected chi connectivity index (χ1v) is 8.20. The monoisotopic (exact) mass is 352 g/mol. The second-order valence-electron chi connectivity index (χ2n) is 6.26. The molecule has 0 saturated heterocycles. The van der Waals surface area contributed by atoms with Crippen LogP contribution in [0.1, 0.15) is 44.8 Å². The zero-order chi connectivity index (χ0) is 18.8.